The topological polar surface area (TPSA) is 66.5 Å². The second-order valence-electron chi connectivity index (χ2n) is 7.34. The number of hydrogen-bond acceptors (Lipinski definition) is 4. The zero-order valence-corrected chi connectivity index (χ0v) is 19.6. The summed E-state index contributed by atoms with van der Waals surface area (Å²) in [6.45, 7) is 2.11. The predicted molar refractivity (Wildman–Crippen MR) is 131 cm³/mol. The smallest absolute Gasteiger partial charge is 0.293 e. The van der Waals surface area contributed by atoms with Gasteiger partial charge in [0, 0.05) is 15.7 Å². The number of thioether (sulfide) groups is 1. The van der Waals surface area contributed by atoms with E-state index in [0.29, 0.717) is 10.5 Å². The van der Waals surface area contributed by atoms with E-state index in [0.717, 1.165) is 38.6 Å². The maximum absolute atomic E-state index is 12.8. The normalized spacial score (nSPS) is 14.8. The Kier molecular flexibility index (Phi) is 6.58. The number of nitrogens with one attached hydrogen (secondary N) is 1. The summed E-state index contributed by atoms with van der Waals surface area (Å²) in [5, 5.41) is 2.56. The molecule has 160 valence electrons. The van der Waals surface area contributed by atoms with Gasteiger partial charge in [-0.25, -0.2) is 0 Å². The van der Waals surface area contributed by atoms with Crippen LogP contribution in [0.15, 0.2) is 82.2 Å². The Bertz CT molecular complexity index is 1240. The zero-order chi connectivity index (χ0) is 22.7. The molecule has 1 aliphatic rings. The molecule has 3 aromatic rings. The molecule has 0 unspecified atom stereocenters. The van der Waals surface area contributed by atoms with Crippen LogP contribution >= 0.6 is 27.7 Å². The van der Waals surface area contributed by atoms with Gasteiger partial charge in [0.05, 0.1) is 11.4 Å². The fraction of sp³-hybridized carbons (Fsp3) is 0.0800. The van der Waals surface area contributed by atoms with Crippen LogP contribution in [0.1, 0.15) is 27.0 Å². The average molecular weight is 507 g/mol. The first-order valence-corrected chi connectivity index (χ1v) is 11.5. The minimum atomic E-state index is -0.318. The van der Waals surface area contributed by atoms with Crippen molar-refractivity contribution in [2.45, 2.75) is 13.5 Å². The lowest BCUT2D eigenvalue weighted by Crippen LogP contribution is -2.27. The molecular formula is C25H19BrN2O3S. The molecule has 0 radical (unpaired) electrons. The second kappa shape index (κ2) is 9.54. The van der Waals surface area contributed by atoms with Crippen molar-refractivity contribution in [2.75, 3.05) is 5.32 Å². The monoisotopic (exact) mass is 506 g/mol. The summed E-state index contributed by atoms with van der Waals surface area (Å²) >= 11 is 4.34. The fourth-order valence-corrected chi connectivity index (χ4v) is 4.51. The van der Waals surface area contributed by atoms with Crippen LogP contribution in [0.4, 0.5) is 10.5 Å². The van der Waals surface area contributed by atoms with Gasteiger partial charge in [-0.2, -0.15) is 0 Å². The van der Waals surface area contributed by atoms with Crippen molar-refractivity contribution in [3.05, 3.63) is 104 Å². The van der Waals surface area contributed by atoms with Gasteiger partial charge in [-0.15, -0.1) is 0 Å². The van der Waals surface area contributed by atoms with Gasteiger partial charge in [0.15, 0.2) is 0 Å². The molecule has 0 atom stereocenters. The van der Waals surface area contributed by atoms with Crippen molar-refractivity contribution in [3.8, 4) is 0 Å². The highest BCUT2D eigenvalue weighted by atomic mass is 79.9. The molecule has 1 saturated heterocycles. The second-order valence-corrected chi connectivity index (χ2v) is 9.25. The molecule has 7 heteroatoms. The number of imide groups is 1. The van der Waals surface area contributed by atoms with Gasteiger partial charge in [-0.1, -0.05) is 52.3 Å². The van der Waals surface area contributed by atoms with Gasteiger partial charge < -0.3 is 5.32 Å². The van der Waals surface area contributed by atoms with Crippen LogP contribution in [-0.4, -0.2) is 22.0 Å². The van der Waals surface area contributed by atoms with Gasteiger partial charge >= 0.3 is 0 Å². The van der Waals surface area contributed by atoms with Gasteiger partial charge in [0.2, 0.25) is 0 Å². The van der Waals surface area contributed by atoms with E-state index in [4.69, 9.17) is 0 Å². The summed E-state index contributed by atoms with van der Waals surface area (Å²) in [4.78, 5) is 39.3. The van der Waals surface area contributed by atoms with E-state index in [9.17, 15) is 14.4 Å². The minimum absolute atomic E-state index is 0.153. The first-order chi connectivity index (χ1) is 15.4. The van der Waals surface area contributed by atoms with Gasteiger partial charge in [0.25, 0.3) is 17.1 Å². The molecule has 0 spiro atoms. The number of nitrogens with zero attached hydrogens (tertiary/aromatic N) is 1. The number of aryl methyl sites for hydroxylation is 1. The van der Waals surface area contributed by atoms with Crippen molar-refractivity contribution in [2.24, 2.45) is 0 Å². The third kappa shape index (κ3) is 5.18. The van der Waals surface area contributed by atoms with Crippen LogP contribution in [0.2, 0.25) is 0 Å². The number of amides is 3. The first kappa shape index (κ1) is 22.0. The Morgan fingerprint density at radius 1 is 1.03 bits per heavy atom. The van der Waals surface area contributed by atoms with Crippen LogP contribution in [0.5, 0.6) is 0 Å². The number of halogens is 1. The lowest BCUT2D eigenvalue weighted by Gasteiger charge is -2.13. The lowest BCUT2D eigenvalue weighted by atomic mass is 10.1. The quantitative estimate of drug-likeness (QED) is 0.415. The number of carbonyl (C=O) groups excluding carboxylic acids is 3. The summed E-state index contributed by atoms with van der Waals surface area (Å²) in [6.07, 6.45) is 1.72. The Morgan fingerprint density at radius 3 is 2.50 bits per heavy atom. The van der Waals surface area contributed by atoms with Crippen LogP contribution in [0, 0.1) is 6.92 Å². The van der Waals surface area contributed by atoms with Crippen LogP contribution < -0.4 is 5.32 Å². The highest BCUT2D eigenvalue weighted by Crippen LogP contribution is 2.33. The summed E-state index contributed by atoms with van der Waals surface area (Å²) in [5.41, 5.74) is 3.90. The molecule has 3 aromatic carbocycles. The maximum atomic E-state index is 12.8. The SMILES string of the molecule is Cc1cccc(NC(=O)c2ccc(CN3C(=O)S/C(=C\c4cccc(Br)c4)C3=O)cc2)c1. The number of hydrogen-bond donors (Lipinski definition) is 1. The van der Waals surface area contributed by atoms with E-state index < -0.39 is 0 Å². The summed E-state index contributed by atoms with van der Waals surface area (Å²) < 4.78 is 0.900. The number of benzene rings is 3. The molecule has 3 amide bonds. The number of anilines is 1. The summed E-state index contributed by atoms with van der Waals surface area (Å²) in [5.74, 6) is -0.536. The lowest BCUT2D eigenvalue weighted by molar-refractivity contribution is -0.123. The Balaban J connectivity index is 1.43. The Hall–Kier alpha value is -3.16. The first-order valence-electron chi connectivity index (χ1n) is 9.87. The van der Waals surface area contributed by atoms with Gasteiger partial charge in [-0.3, -0.25) is 19.3 Å². The van der Waals surface area contributed by atoms with E-state index >= 15 is 0 Å². The number of rotatable bonds is 5. The van der Waals surface area contributed by atoms with Crippen molar-refractivity contribution < 1.29 is 14.4 Å². The Labute approximate surface area is 198 Å². The molecular weight excluding hydrogens is 488 g/mol. The van der Waals surface area contributed by atoms with E-state index in [-0.39, 0.29) is 23.6 Å². The average Bonchev–Trinajstić information content (AvgIpc) is 3.01. The van der Waals surface area contributed by atoms with Crippen LogP contribution in [-0.2, 0) is 11.3 Å². The third-order valence-electron chi connectivity index (χ3n) is 4.85. The third-order valence-corrected chi connectivity index (χ3v) is 6.25. The molecule has 1 N–H and O–H groups in total. The van der Waals surface area contributed by atoms with Gasteiger partial charge in [0.1, 0.15) is 0 Å². The molecule has 5 nitrogen and oxygen atoms in total. The summed E-state index contributed by atoms with van der Waals surface area (Å²) in [7, 11) is 0. The largest absolute Gasteiger partial charge is 0.322 e. The molecule has 1 fully saturated rings. The van der Waals surface area contributed by atoms with Gasteiger partial charge in [-0.05, 0) is 77.9 Å². The predicted octanol–water partition coefficient (Wildman–Crippen LogP) is 6.25. The number of carbonyl (C=O) groups is 3. The highest BCUT2D eigenvalue weighted by Gasteiger charge is 2.35. The van der Waals surface area contributed by atoms with Crippen molar-refractivity contribution >= 4 is 56.5 Å². The van der Waals surface area contributed by atoms with E-state index in [2.05, 4.69) is 21.2 Å². The summed E-state index contributed by atoms with van der Waals surface area (Å²) in [6, 6.07) is 22.0. The van der Waals surface area contributed by atoms with E-state index in [1.165, 1.54) is 4.90 Å². The van der Waals surface area contributed by atoms with E-state index in [1.54, 1.807) is 30.3 Å². The molecule has 4 rings (SSSR count). The maximum Gasteiger partial charge on any atom is 0.293 e. The fourth-order valence-electron chi connectivity index (χ4n) is 3.25. The van der Waals surface area contributed by atoms with Crippen molar-refractivity contribution in [1.82, 2.24) is 4.90 Å². The van der Waals surface area contributed by atoms with Crippen molar-refractivity contribution in [1.29, 1.82) is 0 Å². The standard InChI is InChI=1S/C25H19BrN2O3S/c1-16-4-2-7-21(12-16)27-23(29)19-10-8-17(9-11-19)15-28-24(30)22(32-25(28)31)14-18-5-3-6-20(26)13-18/h2-14H,15H2,1H3,(H,27,29)/b22-14-. The minimum Gasteiger partial charge on any atom is -0.322 e. The van der Waals surface area contributed by atoms with E-state index in [1.807, 2.05) is 55.5 Å². The molecule has 1 aliphatic heterocycles. The molecule has 0 aromatic heterocycles. The molecule has 0 saturated carbocycles. The van der Waals surface area contributed by atoms with Crippen molar-refractivity contribution in [3.63, 3.8) is 0 Å². The molecule has 0 bridgehead atoms. The molecule has 0 aliphatic carbocycles. The van der Waals surface area contributed by atoms with Crippen LogP contribution in [0.25, 0.3) is 6.08 Å². The Morgan fingerprint density at radius 2 is 1.78 bits per heavy atom. The van der Waals surface area contributed by atoms with Crippen LogP contribution in [0.3, 0.4) is 0 Å². The highest BCUT2D eigenvalue weighted by molar-refractivity contribution is 9.10. The molecule has 1 heterocycles. The molecule has 32 heavy (non-hydrogen) atoms. The zero-order valence-electron chi connectivity index (χ0n) is 17.2.